The lowest BCUT2D eigenvalue weighted by atomic mass is 9.98. The summed E-state index contributed by atoms with van der Waals surface area (Å²) in [6.07, 6.45) is 0.557. The lowest BCUT2D eigenvalue weighted by Gasteiger charge is -2.20. The van der Waals surface area contributed by atoms with Crippen molar-refractivity contribution in [3.63, 3.8) is 0 Å². The molecule has 0 radical (unpaired) electrons. The average molecular weight is 459 g/mol. The van der Waals surface area contributed by atoms with Gasteiger partial charge in [-0.1, -0.05) is 41.9 Å². The number of benzene rings is 2. The molecule has 1 heterocycles. The number of imidazole rings is 1. The third kappa shape index (κ3) is 5.16. The van der Waals surface area contributed by atoms with Crippen molar-refractivity contribution in [3.8, 4) is 17.1 Å². The Kier molecular flexibility index (Phi) is 6.99. The second-order valence-corrected chi connectivity index (χ2v) is 8.42. The summed E-state index contributed by atoms with van der Waals surface area (Å²) >= 11 is 6.01. The highest BCUT2D eigenvalue weighted by Crippen LogP contribution is 2.29. The molecule has 0 saturated carbocycles. The molecule has 0 spiro atoms. The van der Waals surface area contributed by atoms with Gasteiger partial charge in [-0.25, -0.2) is 9.18 Å². The molecule has 0 saturated heterocycles. The van der Waals surface area contributed by atoms with Gasteiger partial charge in [0.05, 0.1) is 18.7 Å². The Morgan fingerprint density at radius 1 is 1.22 bits per heavy atom. The highest BCUT2D eigenvalue weighted by atomic mass is 35.5. The van der Waals surface area contributed by atoms with Crippen molar-refractivity contribution in [2.24, 2.45) is 0 Å². The van der Waals surface area contributed by atoms with Crippen LogP contribution >= 0.6 is 11.6 Å². The Hall–Kier alpha value is -3.19. The summed E-state index contributed by atoms with van der Waals surface area (Å²) in [7, 11) is 0. The maximum atomic E-state index is 15.1. The third-order valence-electron chi connectivity index (χ3n) is 4.55. The van der Waals surface area contributed by atoms with Crippen molar-refractivity contribution >= 4 is 23.9 Å². The van der Waals surface area contributed by atoms with E-state index in [0.29, 0.717) is 35.1 Å². The van der Waals surface area contributed by atoms with Crippen molar-refractivity contribution in [1.29, 1.82) is 0 Å². The van der Waals surface area contributed by atoms with Gasteiger partial charge in [0.2, 0.25) is 0 Å². The fraction of sp³-hybridized carbons (Fsp3) is 0.292. The first-order valence-corrected chi connectivity index (χ1v) is 10.5. The molecule has 6 nitrogen and oxygen atoms in total. The molecule has 0 aliphatic heterocycles. The van der Waals surface area contributed by atoms with Crippen LogP contribution in [0.4, 0.5) is 4.39 Å². The minimum absolute atomic E-state index is 0.00293. The van der Waals surface area contributed by atoms with Crippen molar-refractivity contribution in [1.82, 2.24) is 9.55 Å². The fourth-order valence-electron chi connectivity index (χ4n) is 3.18. The molecule has 2 aromatic carbocycles. The maximum Gasteiger partial charge on any atom is 0.339 e. The molecule has 3 aromatic rings. The topological polar surface area (TPSA) is 70.4 Å². The van der Waals surface area contributed by atoms with E-state index in [1.165, 1.54) is 10.6 Å². The molecule has 0 bridgehead atoms. The Morgan fingerprint density at radius 2 is 1.94 bits per heavy atom. The number of nitrogens with zero attached hydrogens (tertiary/aromatic N) is 2. The summed E-state index contributed by atoms with van der Waals surface area (Å²) in [5.41, 5.74) is 1.19. The van der Waals surface area contributed by atoms with E-state index in [2.05, 4.69) is 4.98 Å². The molecule has 32 heavy (non-hydrogen) atoms. The Balaban J connectivity index is 1.96. The van der Waals surface area contributed by atoms with Crippen molar-refractivity contribution in [2.45, 2.75) is 39.8 Å². The van der Waals surface area contributed by atoms with Gasteiger partial charge >= 0.3 is 5.97 Å². The number of ether oxygens (including phenoxy) is 2. The normalized spacial score (nSPS) is 11.3. The van der Waals surface area contributed by atoms with Crippen LogP contribution in [0, 0.1) is 5.82 Å². The first-order valence-electron chi connectivity index (χ1n) is 10.1. The standard InChI is InChI=1S/C24H24ClFN2O4/c1-5-31-23-27-21(25)20(14-29)28(23)13-16-11-10-15(12-19(16)26)17-8-6-7-9-18(17)22(30)32-24(2,3)4/h6-12,14H,5,13H2,1-4H3. The monoisotopic (exact) mass is 458 g/mol. The molecule has 0 unspecified atom stereocenters. The molecular weight excluding hydrogens is 435 g/mol. The fourth-order valence-corrected chi connectivity index (χ4v) is 3.40. The second kappa shape index (κ2) is 9.53. The van der Waals surface area contributed by atoms with Crippen molar-refractivity contribution < 1.29 is 23.5 Å². The molecule has 0 amide bonds. The van der Waals surface area contributed by atoms with E-state index in [0.717, 1.165) is 0 Å². The number of halogens is 2. The van der Waals surface area contributed by atoms with Crippen LogP contribution in [0.25, 0.3) is 11.1 Å². The summed E-state index contributed by atoms with van der Waals surface area (Å²) in [5, 5.41) is -0.00762. The van der Waals surface area contributed by atoms with Gasteiger partial charge in [0.1, 0.15) is 17.1 Å². The number of esters is 1. The van der Waals surface area contributed by atoms with E-state index < -0.39 is 17.4 Å². The SMILES string of the molecule is CCOc1nc(Cl)c(C=O)n1Cc1ccc(-c2ccccc2C(=O)OC(C)(C)C)cc1F. The van der Waals surface area contributed by atoms with Crippen LogP contribution in [-0.2, 0) is 11.3 Å². The van der Waals surface area contributed by atoms with Crippen LogP contribution in [0.15, 0.2) is 42.5 Å². The number of hydrogen-bond donors (Lipinski definition) is 0. The molecule has 1 aromatic heterocycles. The van der Waals surface area contributed by atoms with Crippen LogP contribution in [0.5, 0.6) is 6.01 Å². The zero-order valence-corrected chi connectivity index (χ0v) is 19.1. The number of carbonyl (C=O) groups is 2. The first kappa shape index (κ1) is 23.5. The van der Waals surface area contributed by atoms with E-state index in [1.54, 1.807) is 64.1 Å². The van der Waals surface area contributed by atoms with Gasteiger partial charge in [-0.05, 0) is 51.0 Å². The van der Waals surface area contributed by atoms with Crippen LogP contribution < -0.4 is 4.74 Å². The van der Waals surface area contributed by atoms with E-state index in [1.807, 2.05) is 0 Å². The maximum absolute atomic E-state index is 15.1. The molecule has 8 heteroatoms. The van der Waals surface area contributed by atoms with Crippen LogP contribution in [0.1, 0.15) is 54.1 Å². The number of aromatic nitrogens is 2. The molecule has 0 aliphatic rings. The summed E-state index contributed by atoms with van der Waals surface area (Å²) in [6.45, 7) is 7.44. The first-order chi connectivity index (χ1) is 15.1. The quantitative estimate of drug-likeness (QED) is 0.342. The Morgan fingerprint density at radius 3 is 2.56 bits per heavy atom. The molecule has 0 N–H and O–H groups in total. The van der Waals surface area contributed by atoms with Gasteiger partial charge < -0.3 is 9.47 Å². The predicted molar refractivity (Wildman–Crippen MR) is 120 cm³/mol. The molecular formula is C24H24ClFN2O4. The lowest BCUT2D eigenvalue weighted by molar-refractivity contribution is 0.00703. The van der Waals surface area contributed by atoms with Gasteiger partial charge in [-0.3, -0.25) is 9.36 Å². The summed E-state index contributed by atoms with van der Waals surface area (Å²) in [5.74, 6) is -0.992. The second-order valence-electron chi connectivity index (χ2n) is 8.06. The highest BCUT2D eigenvalue weighted by Gasteiger charge is 2.22. The smallest absolute Gasteiger partial charge is 0.339 e. The molecule has 0 aliphatic carbocycles. The molecule has 0 fully saturated rings. The zero-order valence-electron chi connectivity index (χ0n) is 18.3. The molecule has 3 rings (SSSR count). The number of hydrogen-bond acceptors (Lipinski definition) is 5. The van der Waals surface area contributed by atoms with Crippen molar-refractivity contribution in [3.05, 3.63) is 70.3 Å². The van der Waals surface area contributed by atoms with Gasteiger partial charge in [-0.2, -0.15) is 4.98 Å². The van der Waals surface area contributed by atoms with E-state index in [9.17, 15) is 9.59 Å². The van der Waals surface area contributed by atoms with Gasteiger partial charge in [0.15, 0.2) is 11.4 Å². The largest absolute Gasteiger partial charge is 0.465 e. The van der Waals surface area contributed by atoms with Gasteiger partial charge in [-0.15, -0.1) is 0 Å². The lowest BCUT2D eigenvalue weighted by Crippen LogP contribution is -2.24. The van der Waals surface area contributed by atoms with Gasteiger partial charge in [0.25, 0.3) is 6.01 Å². The average Bonchev–Trinajstić information content (AvgIpc) is 3.02. The predicted octanol–water partition coefficient (Wildman–Crippen LogP) is 5.56. The Labute approximate surface area is 190 Å². The molecule has 0 atom stereocenters. The number of rotatable bonds is 7. The van der Waals surface area contributed by atoms with Crippen LogP contribution in [0.3, 0.4) is 0 Å². The summed E-state index contributed by atoms with van der Waals surface area (Å²) < 4.78 is 27.4. The summed E-state index contributed by atoms with van der Waals surface area (Å²) in [4.78, 5) is 28.1. The minimum Gasteiger partial charge on any atom is -0.465 e. The molecule has 168 valence electrons. The van der Waals surface area contributed by atoms with Crippen LogP contribution in [0.2, 0.25) is 5.15 Å². The van der Waals surface area contributed by atoms with Crippen LogP contribution in [-0.4, -0.2) is 34.0 Å². The van der Waals surface area contributed by atoms with E-state index in [-0.39, 0.29) is 23.4 Å². The summed E-state index contributed by atoms with van der Waals surface area (Å²) in [6, 6.07) is 11.7. The Bertz CT molecular complexity index is 1150. The minimum atomic E-state index is -0.653. The van der Waals surface area contributed by atoms with Gasteiger partial charge in [0, 0.05) is 5.56 Å². The van der Waals surface area contributed by atoms with E-state index in [4.69, 9.17) is 21.1 Å². The number of carbonyl (C=O) groups excluding carboxylic acids is 2. The third-order valence-corrected chi connectivity index (χ3v) is 4.83. The number of aldehydes is 1. The zero-order chi connectivity index (χ0) is 23.5. The highest BCUT2D eigenvalue weighted by molar-refractivity contribution is 6.31. The van der Waals surface area contributed by atoms with Crippen molar-refractivity contribution in [2.75, 3.05) is 6.61 Å². The van der Waals surface area contributed by atoms with E-state index >= 15 is 4.39 Å².